The molecule has 0 amide bonds. The molecule has 0 aromatic carbocycles. The predicted molar refractivity (Wildman–Crippen MR) is 73.9 cm³/mol. The van der Waals surface area contributed by atoms with E-state index >= 15 is 0 Å². The van der Waals surface area contributed by atoms with Gasteiger partial charge in [-0.3, -0.25) is 0 Å². The van der Waals surface area contributed by atoms with Crippen molar-refractivity contribution in [1.82, 2.24) is 30.0 Å². The van der Waals surface area contributed by atoms with Crippen molar-refractivity contribution in [3.63, 3.8) is 0 Å². The summed E-state index contributed by atoms with van der Waals surface area (Å²) in [7, 11) is 1.95. The number of nitrogens with zero attached hydrogens (tertiary/aromatic N) is 7. The third-order valence-corrected chi connectivity index (χ3v) is 3.55. The first-order valence-electron chi connectivity index (χ1n) is 6.93. The molecular formula is C13H15N7O. The standard InChI is InChI=1S/C13H15N7O/c1-8-14-10(18-21-8)7-19(2)12-6-5-11-15-16-13(9-3-4-9)20(11)17-12/h5-6,9H,3-4,7H2,1-2H3. The van der Waals surface area contributed by atoms with Crippen LogP contribution in [0.25, 0.3) is 5.65 Å². The zero-order chi connectivity index (χ0) is 14.4. The van der Waals surface area contributed by atoms with E-state index in [0.717, 1.165) is 17.3 Å². The number of hydrogen-bond acceptors (Lipinski definition) is 7. The minimum absolute atomic E-state index is 0.507. The van der Waals surface area contributed by atoms with E-state index in [0.29, 0.717) is 24.2 Å². The van der Waals surface area contributed by atoms with Gasteiger partial charge in [0, 0.05) is 19.9 Å². The fraction of sp³-hybridized carbons (Fsp3) is 0.462. The minimum atomic E-state index is 0.507. The predicted octanol–water partition coefficient (Wildman–Crippen LogP) is 1.33. The molecule has 8 heteroatoms. The Labute approximate surface area is 120 Å². The lowest BCUT2D eigenvalue weighted by molar-refractivity contribution is 0.387. The van der Waals surface area contributed by atoms with Gasteiger partial charge in [-0.1, -0.05) is 5.16 Å². The van der Waals surface area contributed by atoms with Crippen molar-refractivity contribution >= 4 is 11.5 Å². The fourth-order valence-electron chi connectivity index (χ4n) is 2.29. The number of aryl methyl sites for hydroxylation is 1. The van der Waals surface area contributed by atoms with Crippen LogP contribution in [0, 0.1) is 6.92 Å². The number of rotatable bonds is 4. The summed E-state index contributed by atoms with van der Waals surface area (Å²) in [5, 5.41) is 16.9. The van der Waals surface area contributed by atoms with Gasteiger partial charge in [-0.15, -0.1) is 15.3 Å². The molecule has 1 aliphatic carbocycles. The molecule has 3 heterocycles. The third-order valence-electron chi connectivity index (χ3n) is 3.55. The van der Waals surface area contributed by atoms with Gasteiger partial charge in [0.1, 0.15) is 5.82 Å². The van der Waals surface area contributed by atoms with Crippen LogP contribution in [0.3, 0.4) is 0 Å². The summed E-state index contributed by atoms with van der Waals surface area (Å²) in [4.78, 5) is 6.18. The lowest BCUT2D eigenvalue weighted by atomic mass is 10.4. The van der Waals surface area contributed by atoms with Crippen LogP contribution in [-0.4, -0.2) is 37.0 Å². The van der Waals surface area contributed by atoms with E-state index < -0.39 is 0 Å². The average Bonchev–Trinajstić information content (AvgIpc) is 3.11. The summed E-state index contributed by atoms with van der Waals surface area (Å²) in [5.41, 5.74) is 0.782. The van der Waals surface area contributed by atoms with Crippen molar-refractivity contribution in [1.29, 1.82) is 0 Å². The van der Waals surface area contributed by atoms with Crippen LogP contribution < -0.4 is 4.90 Å². The summed E-state index contributed by atoms with van der Waals surface area (Å²) >= 11 is 0. The second-order valence-corrected chi connectivity index (χ2v) is 5.38. The average molecular weight is 285 g/mol. The molecule has 108 valence electrons. The molecule has 1 saturated carbocycles. The summed E-state index contributed by atoms with van der Waals surface area (Å²) in [5.74, 6) is 3.50. The van der Waals surface area contributed by atoms with Crippen molar-refractivity contribution in [3.8, 4) is 0 Å². The highest BCUT2D eigenvalue weighted by Gasteiger charge is 2.29. The lowest BCUT2D eigenvalue weighted by Gasteiger charge is -2.15. The minimum Gasteiger partial charge on any atom is -0.351 e. The Morgan fingerprint density at radius 3 is 2.90 bits per heavy atom. The van der Waals surface area contributed by atoms with E-state index in [1.807, 2.05) is 28.6 Å². The van der Waals surface area contributed by atoms with Gasteiger partial charge < -0.3 is 9.42 Å². The van der Waals surface area contributed by atoms with Crippen LogP contribution in [0.15, 0.2) is 16.7 Å². The lowest BCUT2D eigenvalue weighted by Crippen LogP contribution is -2.19. The van der Waals surface area contributed by atoms with Gasteiger partial charge in [-0.05, 0) is 25.0 Å². The molecule has 0 aliphatic heterocycles. The number of hydrogen-bond donors (Lipinski definition) is 0. The molecular weight excluding hydrogens is 270 g/mol. The third kappa shape index (κ3) is 2.22. The quantitative estimate of drug-likeness (QED) is 0.714. The zero-order valence-corrected chi connectivity index (χ0v) is 11.9. The van der Waals surface area contributed by atoms with Crippen LogP contribution in [-0.2, 0) is 6.54 Å². The van der Waals surface area contributed by atoms with E-state index in [1.54, 1.807) is 6.92 Å². The van der Waals surface area contributed by atoms with E-state index in [2.05, 4.69) is 25.4 Å². The maximum atomic E-state index is 4.98. The molecule has 0 N–H and O–H groups in total. The summed E-state index contributed by atoms with van der Waals surface area (Å²) in [6.07, 6.45) is 2.34. The van der Waals surface area contributed by atoms with Crippen molar-refractivity contribution < 1.29 is 4.52 Å². The van der Waals surface area contributed by atoms with E-state index in [4.69, 9.17) is 4.52 Å². The first kappa shape index (κ1) is 12.2. The second kappa shape index (κ2) is 4.51. The van der Waals surface area contributed by atoms with Crippen molar-refractivity contribution in [2.45, 2.75) is 32.2 Å². The van der Waals surface area contributed by atoms with Crippen molar-refractivity contribution in [2.75, 3.05) is 11.9 Å². The number of aromatic nitrogens is 6. The number of fused-ring (bicyclic) bond motifs is 1. The first-order valence-corrected chi connectivity index (χ1v) is 6.93. The highest BCUT2D eigenvalue weighted by Crippen LogP contribution is 2.38. The molecule has 0 bridgehead atoms. The number of anilines is 1. The van der Waals surface area contributed by atoms with Crippen LogP contribution in [0.2, 0.25) is 0 Å². The first-order chi connectivity index (χ1) is 10.2. The van der Waals surface area contributed by atoms with E-state index in [1.165, 1.54) is 12.8 Å². The van der Waals surface area contributed by atoms with Crippen LogP contribution in [0.1, 0.15) is 36.3 Å². The maximum absolute atomic E-state index is 4.98. The SMILES string of the molecule is Cc1nc(CN(C)c2ccc3nnc(C4CC4)n3n2)no1. The Morgan fingerprint density at radius 2 is 2.19 bits per heavy atom. The summed E-state index contributed by atoms with van der Waals surface area (Å²) in [6.45, 7) is 2.32. The molecule has 21 heavy (non-hydrogen) atoms. The molecule has 3 aromatic rings. The normalized spacial score (nSPS) is 14.8. The molecule has 0 unspecified atom stereocenters. The second-order valence-electron chi connectivity index (χ2n) is 5.38. The van der Waals surface area contributed by atoms with Crippen molar-refractivity contribution in [2.24, 2.45) is 0 Å². The monoisotopic (exact) mass is 285 g/mol. The zero-order valence-electron chi connectivity index (χ0n) is 11.9. The molecule has 0 saturated heterocycles. The molecule has 1 aliphatic rings. The highest BCUT2D eigenvalue weighted by atomic mass is 16.5. The Balaban J connectivity index is 1.64. The van der Waals surface area contributed by atoms with E-state index in [-0.39, 0.29) is 0 Å². The maximum Gasteiger partial charge on any atom is 0.223 e. The van der Waals surface area contributed by atoms with Crippen LogP contribution in [0.5, 0.6) is 0 Å². The van der Waals surface area contributed by atoms with Gasteiger partial charge in [0.25, 0.3) is 0 Å². The molecule has 0 atom stereocenters. The van der Waals surface area contributed by atoms with Gasteiger partial charge in [0.15, 0.2) is 17.3 Å². The fourth-order valence-corrected chi connectivity index (χ4v) is 2.29. The van der Waals surface area contributed by atoms with Gasteiger partial charge >= 0.3 is 0 Å². The van der Waals surface area contributed by atoms with Gasteiger partial charge in [-0.25, -0.2) is 0 Å². The van der Waals surface area contributed by atoms with Crippen LogP contribution >= 0.6 is 0 Å². The molecule has 8 nitrogen and oxygen atoms in total. The Morgan fingerprint density at radius 1 is 1.33 bits per heavy atom. The Kier molecular flexibility index (Phi) is 2.63. The molecule has 0 radical (unpaired) electrons. The molecule has 3 aromatic heterocycles. The molecule has 4 rings (SSSR count). The van der Waals surface area contributed by atoms with Gasteiger partial charge in [0.2, 0.25) is 5.89 Å². The molecule has 1 fully saturated rings. The topological polar surface area (TPSA) is 85.2 Å². The smallest absolute Gasteiger partial charge is 0.223 e. The molecule has 0 spiro atoms. The Bertz CT molecular complexity index is 789. The van der Waals surface area contributed by atoms with Gasteiger partial charge in [0.05, 0.1) is 6.54 Å². The summed E-state index contributed by atoms with van der Waals surface area (Å²) in [6, 6.07) is 3.85. The Hall–Kier alpha value is -2.51. The van der Waals surface area contributed by atoms with Crippen LogP contribution in [0.4, 0.5) is 5.82 Å². The van der Waals surface area contributed by atoms with E-state index in [9.17, 15) is 0 Å². The largest absolute Gasteiger partial charge is 0.351 e. The van der Waals surface area contributed by atoms with Gasteiger partial charge in [-0.2, -0.15) is 9.50 Å². The highest BCUT2D eigenvalue weighted by molar-refractivity contribution is 5.45. The summed E-state index contributed by atoms with van der Waals surface area (Å²) < 4.78 is 6.82. The van der Waals surface area contributed by atoms with Crippen molar-refractivity contribution in [3.05, 3.63) is 29.7 Å².